The second kappa shape index (κ2) is 10.9. The summed E-state index contributed by atoms with van der Waals surface area (Å²) in [4.78, 5) is 10.4. The molecular formula is C19H23NaO4. The Morgan fingerprint density at radius 3 is 2.67 bits per heavy atom. The van der Waals surface area contributed by atoms with Crippen molar-refractivity contribution in [3.63, 3.8) is 0 Å². The van der Waals surface area contributed by atoms with E-state index in [1.807, 2.05) is 12.1 Å². The first kappa shape index (κ1) is 21.1. The molecule has 2 rings (SSSR count). The number of aliphatic carboxylic acids is 1. The van der Waals surface area contributed by atoms with Crippen molar-refractivity contribution in [3.8, 4) is 0 Å². The number of carboxylic acid groups (broad SMARTS) is 1. The Labute approximate surface area is 165 Å². The standard InChI is InChI=1S/C19H24O4.Na/c20-16(12-17(21)13-19(22)23)10-5-9-15-7-2-1-6-14-8-3-4-11-18(14)15;/h3-5,8-11,16-17,20-21H,1-2,6-7,12-13H2,(H,22,23);/q;+1/p-1/b10-5+,15-9-;/t16-,17-;/m1./s1. The van der Waals surface area contributed by atoms with Gasteiger partial charge in [-0.2, -0.15) is 0 Å². The van der Waals surface area contributed by atoms with Gasteiger partial charge in [0.05, 0.1) is 12.2 Å². The van der Waals surface area contributed by atoms with E-state index in [2.05, 4.69) is 18.2 Å². The normalized spacial score (nSPS) is 18.5. The van der Waals surface area contributed by atoms with E-state index in [1.165, 1.54) is 23.1 Å². The van der Waals surface area contributed by atoms with Gasteiger partial charge in [-0.25, -0.2) is 0 Å². The van der Waals surface area contributed by atoms with Crippen LogP contribution in [0.15, 0.2) is 42.5 Å². The number of hydrogen-bond donors (Lipinski definition) is 2. The van der Waals surface area contributed by atoms with E-state index in [1.54, 1.807) is 12.2 Å². The van der Waals surface area contributed by atoms with Crippen molar-refractivity contribution >= 4 is 11.5 Å². The van der Waals surface area contributed by atoms with Gasteiger partial charge in [0, 0.05) is 18.8 Å². The molecule has 1 aromatic rings. The van der Waals surface area contributed by atoms with E-state index in [0.29, 0.717) is 0 Å². The summed E-state index contributed by atoms with van der Waals surface area (Å²) in [6.07, 6.45) is 7.35. The fraction of sp³-hybridized carbons (Fsp3) is 0.421. The van der Waals surface area contributed by atoms with E-state index in [9.17, 15) is 20.1 Å². The number of rotatable bonds is 6. The van der Waals surface area contributed by atoms with Crippen LogP contribution in [-0.4, -0.2) is 28.4 Å². The molecule has 0 saturated heterocycles. The maximum absolute atomic E-state index is 10.4. The van der Waals surface area contributed by atoms with Crippen LogP contribution in [0.25, 0.3) is 5.57 Å². The smallest absolute Gasteiger partial charge is 0.550 e. The molecule has 0 aromatic heterocycles. The first-order chi connectivity index (χ1) is 11.1. The van der Waals surface area contributed by atoms with Crippen LogP contribution >= 0.6 is 0 Å². The van der Waals surface area contributed by atoms with Gasteiger partial charge in [-0.1, -0.05) is 42.5 Å². The number of carbonyl (C=O) groups excluding carboxylic acids is 1. The summed E-state index contributed by atoms with van der Waals surface area (Å²) in [5.41, 5.74) is 3.87. The summed E-state index contributed by atoms with van der Waals surface area (Å²) in [5, 5.41) is 29.7. The Morgan fingerprint density at radius 2 is 1.92 bits per heavy atom. The molecule has 0 fully saturated rings. The molecule has 2 atom stereocenters. The summed E-state index contributed by atoms with van der Waals surface area (Å²) in [6.45, 7) is 0. The predicted octanol–water partition coefficient (Wildman–Crippen LogP) is -1.39. The van der Waals surface area contributed by atoms with Crippen LogP contribution in [0.5, 0.6) is 0 Å². The zero-order valence-corrected chi connectivity index (χ0v) is 16.1. The zero-order chi connectivity index (χ0) is 16.7. The quantitative estimate of drug-likeness (QED) is 0.494. The number of carbonyl (C=O) groups is 1. The number of aliphatic hydroxyl groups excluding tert-OH is 2. The van der Waals surface area contributed by atoms with E-state index in [4.69, 9.17) is 0 Å². The van der Waals surface area contributed by atoms with E-state index in [0.717, 1.165) is 19.3 Å². The van der Waals surface area contributed by atoms with Crippen LogP contribution in [-0.2, 0) is 11.2 Å². The number of allylic oxidation sites excluding steroid dienone is 3. The van der Waals surface area contributed by atoms with Crippen molar-refractivity contribution in [3.05, 3.63) is 53.6 Å². The molecule has 5 heteroatoms. The molecule has 1 aliphatic rings. The van der Waals surface area contributed by atoms with Gasteiger partial charge in [-0.3, -0.25) is 0 Å². The third-order valence-corrected chi connectivity index (χ3v) is 4.05. The van der Waals surface area contributed by atoms with Gasteiger partial charge in [-0.05, 0) is 42.4 Å². The number of aliphatic hydroxyl groups is 2. The van der Waals surface area contributed by atoms with Gasteiger partial charge in [0.2, 0.25) is 0 Å². The third kappa shape index (κ3) is 6.91. The second-order valence-electron chi connectivity index (χ2n) is 5.97. The molecule has 0 radical (unpaired) electrons. The minimum atomic E-state index is -1.31. The van der Waals surface area contributed by atoms with Gasteiger partial charge in [-0.15, -0.1) is 0 Å². The number of fused-ring (bicyclic) bond motifs is 1. The van der Waals surface area contributed by atoms with Crippen molar-refractivity contribution in [2.75, 3.05) is 0 Å². The first-order valence-electron chi connectivity index (χ1n) is 8.08. The number of aryl methyl sites for hydroxylation is 1. The molecule has 4 nitrogen and oxygen atoms in total. The molecule has 0 bridgehead atoms. The van der Waals surface area contributed by atoms with Crippen LogP contribution in [0, 0.1) is 0 Å². The van der Waals surface area contributed by atoms with Gasteiger partial charge in [0.1, 0.15) is 0 Å². The van der Waals surface area contributed by atoms with Crippen LogP contribution < -0.4 is 34.7 Å². The second-order valence-corrected chi connectivity index (χ2v) is 5.97. The topological polar surface area (TPSA) is 80.6 Å². The summed E-state index contributed by atoms with van der Waals surface area (Å²) in [7, 11) is 0. The van der Waals surface area contributed by atoms with E-state index >= 15 is 0 Å². The largest absolute Gasteiger partial charge is 1.00 e. The molecule has 0 amide bonds. The fourth-order valence-electron chi connectivity index (χ4n) is 2.92. The van der Waals surface area contributed by atoms with Crippen molar-refractivity contribution < 1.29 is 49.7 Å². The Morgan fingerprint density at radius 1 is 1.21 bits per heavy atom. The molecule has 0 saturated carbocycles. The Balaban J connectivity index is 0.00000288. The first-order valence-corrected chi connectivity index (χ1v) is 8.08. The Bertz CT molecular complexity index is 595. The van der Waals surface area contributed by atoms with E-state index in [-0.39, 0.29) is 36.0 Å². The predicted molar refractivity (Wildman–Crippen MR) is 87.4 cm³/mol. The van der Waals surface area contributed by atoms with Crippen molar-refractivity contribution in [2.24, 2.45) is 0 Å². The summed E-state index contributed by atoms with van der Waals surface area (Å²) in [5.74, 6) is -1.31. The Kier molecular flexibility index (Phi) is 9.56. The molecule has 0 heterocycles. The summed E-state index contributed by atoms with van der Waals surface area (Å²) >= 11 is 0. The zero-order valence-electron chi connectivity index (χ0n) is 14.1. The number of benzene rings is 1. The minimum absolute atomic E-state index is 0. The summed E-state index contributed by atoms with van der Waals surface area (Å²) in [6, 6.07) is 8.37. The maximum atomic E-state index is 10.4. The average Bonchev–Trinajstić information content (AvgIpc) is 2.69. The van der Waals surface area contributed by atoms with Gasteiger partial charge in [0.25, 0.3) is 0 Å². The van der Waals surface area contributed by atoms with Crippen LogP contribution in [0.1, 0.15) is 43.2 Å². The van der Waals surface area contributed by atoms with Gasteiger partial charge < -0.3 is 20.1 Å². The monoisotopic (exact) mass is 338 g/mol. The molecule has 124 valence electrons. The van der Waals surface area contributed by atoms with Crippen LogP contribution in [0.4, 0.5) is 0 Å². The molecule has 24 heavy (non-hydrogen) atoms. The third-order valence-electron chi connectivity index (χ3n) is 4.05. The van der Waals surface area contributed by atoms with Crippen molar-refractivity contribution in [1.29, 1.82) is 0 Å². The summed E-state index contributed by atoms with van der Waals surface area (Å²) < 4.78 is 0. The minimum Gasteiger partial charge on any atom is -0.550 e. The molecule has 1 aromatic carbocycles. The SMILES string of the molecule is O=C([O-])C[C@H](O)C[C@H](O)/C=C/C=C1/CCCCc2ccccc21.[Na+]. The van der Waals surface area contributed by atoms with Crippen molar-refractivity contribution in [2.45, 2.75) is 50.7 Å². The van der Waals surface area contributed by atoms with Crippen LogP contribution in [0.2, 0.25) is 0 Å². The van der Waals surface area contributed by atoms with Gasteiger partial charge in [0.15, 0.2) is 0 Å². The number of hydrogen-bond acceptors (Lipinski definition) is 4. The Hall–Kier alpha value is -0.910. The molecule has 0 spiro atoms. The molecule has 0 unspecified atom stereocenters. The van der Waals surface area contributed by atoms with Crippen molar-refractivity contribution in [1.82, 2.24) is 0 Å². The molecular weight excluding hydrogens is 315 g/mol. The molecule has 2 N–H and O–H groups in total. The van der Waals surface area contributed by atoms with Gasteiger partial charge >= 0.3 is 29.6 Å². The average molecular weight is 338 g/mol. The maximum Gasteiger partial charge on any atom is 1.00 e. The van der Waals surface area contributed by atoms with E-state index < -0.39 is 24.6 Å². The number of carboxylic acids is 1. The van der Waals surface area contributed by atoms with Crippen LogP contribution in [0.3, 0.4) is 0 Å². The molecule has 0 aliphatic heterocycles. The molecule has 1 aliphatic carbocycles. The fourth-order valence-corrected chi connectivity index (χ4v) is 2.92.